The molecule has 14 heteroatoms. The van der Waals surface area contributed by atoms with Crippen LogP contribution in [0.2, 0.25) is 0 Å². The Morgan fingerprint density at radius 2 is 1.66 bits per heavy atom. The summed E-state index contributed by atoms with van der Waals surface area (Å²) in [6, 6.07) is 26.1. The van der Waals surface area contributed by atoms with Crippen LogP contribution in [0, 0.1) is 0 Å². The standard InChI is InChI=1S/C45H44N10O4/c1-28(24-54-36(22-29-12-7-5-8-13-29)42(56)51-35(44(54)58)23-34-39(45(2,3)4)48-26-47-34)43(57)53-21-11-14-31(25-53)55-41-37(40(46)49-27-50-41)38(52-55)30-17-19-33(20-18-30)59-32-15-9-6-10-16-32/h5-10,12-13,15-20,22-23,26-27,31H,1,11,14,21,24-25H2,2-4H3,(H,47,48)(H,51,56)(H2,46,49,50)/b35-23-,36-22-/t31-/m1/s1. The fraction of sp³-hybridized carbons (Fsp3) is 0.222. The molecule has 0 spiro atoms. The van der Waals surface area contributed by atoms with Crippen molar-refractivity contribution in [3.8, 4) is 22.8 Å². The van der Waals surface area contributed by atoms with Crippen molar-refractivity contribution in [2.24, 2.45) is 0 Å². The number of nitrogens with one attached hydrogen (secondary N) is 2. The highest BCUT2D eigenvalue weighted by atomic mass is 16.5. The molecule has 1 fully saturated rings. The highest BCUT2D eigenvalue weighted by Crippen LogP contribution is 2.35. The molecule has 1 amide bonds. The van der Waals surface area contributed by atoms with E-state index in [1.807, 2.05) is 110 Å². The Labute approximate surface area is 339 Å². The van der Waals surface area contributed by atoms with E-state index < -0.39 is 11.1 Å². The minimum Gasteiger partial charge on any atom is -0.457 e. The number of nitrogens with two attached hydrogens (primary N) is 1. The van der Waals surface area contributed by atoms with E-state index in [0.717, 1.165) is 23.4 Å². The van der Waals surface area contributed by atoms with Crippen LogP contribution in [-0.4, -0.2) is 63.2 Å². The molecule has 0 bridgehead atoms. The first-order valence-corrected chi connectivity index (χ1v) is 19.4. The number of imidazole rings is 1. The number of H-pyrrole nitrogens is 2. The van der Waals surface area contributed by atoms with Gasteiger partial charge in [0.1, 0.15) is 40.0 Å². The van der Waals surface area contributed by atoms with Crippen molar-refractivity contribution in [1.82, 2.24) is 44.2 Å². The molecule has 1 atom stereocenters. The van der Waals surface area contributed by atoms with Gasteiger partial charge >= 0.3 is 0 Å². The van der Waals surface area contributed by atoms with Gasteiger partial charge in [-0.1, -0.05) is 75.9 Å². The molecule has 298 valence electrons. The van der Waals surface area contributed by atoms with Crippen LogP contribution in [0.15, 0.2) is 119 Å². The van der Waals surface area contributed by atoms with E-state index >= 15 is 0 Å². The van der Waals surface area contributed by atoms with Crippen molar-refractivity contribution in [3.05, 3.63) is 158 Å². The lowest BCUT2D eigenvalue weighted by atomic mass is 9.90. The Morgan fingerprint density at radius 3 is 2.39 bits per heavy atom. The number of para-hydroxylation sites is 1. The maximum absolute atomic E-state index is 14.3. The van der Waals surface area contributed by atoms with Crippen molar-refractivity contribution in [1.29, 1.82) is 0 Å². The number of hydrogen-bond acceptors (Lipinski definition) is 9. The summed E-state index contributed by atoms with van der Waals surface area (Å²) in [5, 5.41) is 5.78. The van der Waals surface area contributed by atoms with Crippen LogP contribution in [0.25, 0.3) is 34.4 Å². The van der Waals surface area contributed by atoms with Crippen LogP contribution in [-0.2, 0) is 16.8 Å². The molecule has 4 N–H and O–H groups in total. The maximum atomic E-state index is 14.3. The molecule has 1 aliphatic heterocycles. The number of hydrogen-bond donors (Lipinski definition) is 3. The van der Waals surface area contributed by atoms with Crippen LogP contribution in [0.3, 0.4) is 0 Å². The van der Waals surface area contributed by atoms with Crippen molar-refractivity contribution < 1.29 is 9.53 Å². The van der Waals surface area contributed by atoms with Crippen molar-refractivity contribution >= 4 is 34.9 Å². The van der Waals surface area contributed by atoms with E-state index in [1.165, 1.54) is 10.9 Å². The molecule has 7 aromatic rings. The zero-order valence-electron chi connectivity index (χ0n) is 33.1. The maximum Gasteiger partial charge on any atom is 0.275 e. The van der Waals surface area contributed by atoms with E-state index in [-0.39, 0.29) is 40.2 Å². The Hall–Kier alpha value is -7.35. The Morgan fingerprint density at radius 1 is 0.949 bits per heavy atom. The number of rotatable bonds is 9. The molecule has 0 aliphatic carbocycles. The van der Waals surface area contributed by atoms with E-state index in [0.29, 0.717) is 59.1 Å². The molecular formula is C45H44N10O4. The predicted octanol–water partition coefficient (Wildman–Crippen LogP) is 4.82. The predicted molar refractivity (Wildman–Crippen MR) is 227 cm³/mol. The van der Waals surface area contributed by atoms with Crippen LogP contribution in [0.1, 0.15) is 56.6 Å². The lowest BCUT2D eigenvalue weighted by Crippen LogP contribution is -2.54. The number of anilines is 1. The van der Waals surface area contributed by atoms with Gasteiger partial charge in [0.25, 0.3) is 17.0 Å². The first-order chi connectivity index (χ1) is 28.4. The number of carbonyl (C=O) groups excluding carboxylic acids is 1. The van der Waals surface area contributed by atoms with Gasteiger partial charge in [-0.25, -0.2) is 19.6 Å². The number of aromatic nitrogens is 8. The number of carbonyl (C=O) groups is 1. The number of aromatic amines is 2. The highest BCUT2D eigenvalue weighted by molar-refractivity contribution is 5.98. The largest absolute Gasteiger partial charge is 0.457 e. The van der Waals surface area contributed by atoms with Gasteiger partial charge in [-0.15, -0.1) is 0 Å². The van der Waals surface area contributed by atoms with Crippen LogP contribution < -0.4 is 32.3 Å². The molecule has 1 saturated heterocycles. The summed E-state index contributed by atoms with van der Waals surface area (Å²) in [7, 11) is 0. The fourth-order valence-electron chi connectivity index (χ4n) is 7.45. The van der Waals surface area contributed by atoms with Crippen LogP contribution in [0.5, 0.6) is 11.5 Å². The van der Waals surface area contributed by atoms with E-state index in [9.17, 15) is 14.4 Å². The minimum atomic E-state index is -0.494. The number of ether oxygens (including phenoxy) is 1. The number of fused-ring (bicyclic) bond motifs is 1. The van der Waals surface area contributed by atoms with Gasteiger partial charge in [0, 0.05) is 35.3 Å². The van der Waals surface area contributed by atoms with Crippen LogP contribution in [0.4, 0.5) is 5.82 Å². The average Bonchev–Trinajstić information content (AvgIpc) is 3.88. The zero-order valence-corrected chi connectivity index (χ0v) is 33.1. The lowest BCUT2D eigenvalue weighted by molar-refractivity contribution is -0.129. The Bertz CT molecular complexity index is 2920. The molecule has 3 aromatic carbocycles. The SMILES string of the molecule is C=C(Cn1c(=O)/c(=C/c2nc[nH]c2C(C)(C)C)[nH]c(=O)/c1=C/c1ccccc1)C(=O)N1CCC[C@@H](n2nc(-c3ccc(Oc4ccccc4)cc3)c3c(N)ncnc32)C1. The van der Waals surface area contributed by atoms with Crippen LogP contribution >= 0.6 is 0 Å². The lowest BCUT2D eigenvalue weighted by Gasteiger charge is -2.33. The van der Waals surface area contributed by atoms with Crippen molar-refractivity contribution in [2.45, 2.75) is 51.6 Å². The summed E-state index contributed by atoms with van der Waals surface area (Å²) in [6.07, 6.45) is 7.58. The summed E-state index contributed by atoms with van der Waals surface area (Å²) in [6.45, 7) is 10.8. The van der Waals surface area contributed by atoms with Gasteiger partial charge < -0.3 is 25.3 Å². The summed E-state index contributed by atoms with van der Waals surface area (Å²) >= 11 is 0. The third-order valence-corrected chi connectivity index (χ3v) is 10.4. The second kappa shape index (κ2) is 15.9. The number of nitrogens with zero attached hydrogens (tertiary/aromatic N) is 7. The molecule has 1 aliphatic rings. The molecule has 4 aromatic heterocycles. The quantitative estimate of drug-likeness (QED) is 0.173. The molecule has 0 unspecified atom stereocenters. The van der Waals surface area contributed by atoms with Crippen molar-refractivity contribution in [3.63, 3.8) is 0 Å². The first-order valence-electron chi connectivity index (χ1n) is 19.4. The smallest absolute Gasteiger partial charge is 0.275 e. The summed E-state index contributed by atoms with van der Waals surface area (Å²) in [5.74, 6) is 1.36. The number of amides is 1. The van der Waals surface area contributed by atoms with Gasteiger partial charge in [0.05, 0.1) is 30.0 Å². The van der Waals surface area contributed by atoms with Gasteiger partial charge in [-0.2, -0.15) is 5.10 Å². The van der Waals surface area contributed by atoms with E-state index in [2.05, 4.69) is 31.5 Å². The normalized spacial score (nSPS) is 15.2. The number of nitrogen functional groups attached to an aromatic ring is 1. The number of piperidine rings is 1. The number of likely N-dealkylation sites (tertiary alicyclic amines) is 1. The number of benzene rings is 3. The van der Waals surface area contributed by atoms with E-state index in [1.54, 1.807) is 23.4 Å². The molecule has 5 heterocycles. The Balaban J connectivity index is 1.09. The monoisotopic (exact) mass is 788 g/mol. The van der Waals surface area contributed by atoms with Gasteiger partial charge in [-0.3, -0.25) is 19.0 Å². The third-order valence-electron chi connectivity index (χ3n) is 10.4. The molecule has 0 saturated carbocycles. The molecule has 59 heavy (non-hydrogen) atoms. The van der Waals surface area contributed by atoms with Gasteiger partial charge in [0.2, 0.25) is 0 Å². The van der Waals surface area contributed by atoms with Gasteiger partial charge in [-0.05, 0) is 67.0 Å². The third kappa shape index (κ3) is 7.97. The molecular weight excluding hydrogens is 745 g/mol. The summed E-state index contributed by atoms with van der Waals surface area (Å²) in [4.78, 5) is 63.2. The molecule has 14 nitrogen and oxygen atoms in total. The summed E-state index contributed by atoms with van der Waals surface area (Å²) < 4.78 is 9.14. The topological polar surface area (TPSA) is 183 Å². The Kier molecular flexibility index (Phi) is 10.4. The highest BCUT2D eigenvalue weighted by Gasteiger charge is 2.30. The van der Waals surface area contributed by atoms with Crippen molar-refractivity contribution in [2.75, 3.05) is 18.8 Å². The fourth-order valence-corrected chi connectivity index (χ4v) is 7.45. The molecule has 0 radical (unpaired) electrons. The average molecular weight is 789 g/mol. The summed E-state index contributed by atoms with van der Waals surface area (Å²) in [5.41, 5.74) is 9.34. The zero-order chi connectivity index (χ0) is 41.3. The molecule has 8 rings (SSSR count). The first kappa shape index (κ1) is 38.5. The minimum absolute atomic E-state index is 0.0390. The second-order valence-electron chi connectivity index (χ2n) is 15.6. The second-order valence-corrected chi connectivity index (χ2v) is 15.6. The van der Waals surface area contributed by atoms with Gasteiger partial charge in [0.15, 0.2) is 5.65 Å². The van der Waals surface area contributed by atoms with E-state index in [4.69, 9.17) is 15.6 Å².